The summed E-state index contributed by atoms with van der Waals surface area (Å²) in [5.74, 6) is 0.149. The molecule has 0 bridgehead atoms. The standard InChI is InChI=1S/C18H18FN3O/c1-2-5-16(17-20-14-6-3-4-7-15(14)21-17)22-18(23)12-8-10-13(19)11-9-12/h3-4,6-11,16H,2,5H2,1H3,(H,20,21)(H,22,23)/t16-/m1/s1. The van der Waals surface area contributed by atoms with Crippen LogP contribution in [-0.4, -0.2) is 15.9 Å². The van der Waals surface area contributed by atoms with Gasteiger partial charge in [-0.3, -0.25) is 4.79 Å². The van der Waals surface area contributed by atoms with E-state index in [0.717, 1.165) is 29.7 Å². The van der Waals surface area contributed by atoms with Gasteiger partial charge in [0.05, 0.1) is 17.1 Å². The third-order valence-electron chi connectivity index (χ3n) is 3.73. The molecule has 1 atom stereocenters. The second-order valence-corrected chi connectivity index (χ2v) is 5.46. The third kappa shape index (κ3) is 3.39. The number of aromatic nitrogens is 2. The van der Waals surface area contributed by atoms with E-state index in [9.17, 15) is 9.18 Å². The number of para-hydroxylation sites is 2. The first kappa shape index (κ1) is 15.2. The highest BCUT2D eigenvalue weighted by Crippen LogP contribution is 2.20. The number of carbonyl (C=O) groups is 1. The van der Waals surface area contributed by atoms with Gasteiger partial charge >= 0.3 is 0 Å². The summed E-state index contributed by atoms with van der Waals surface area (Å²) in [6.07, 6.45) is 1.68. The Morgan fingerprint density at radius 1 is 1.22 bits per heavy atom. The lowest BCUT2D eigenvalue weighted by atomic mass is 10.1. The second kappa shape index (κ2) is 6.60. The summed E-state index contributed by atoms with van der Waals surface area (Å²) in [6, 6.07) is 13.1. The van der Waals surface area contributed by atoms with Gasteiger partial charge in [0.15, 0.2) is 0 Å². The number of halogens is 1. The van der Waals surface area contributed by atoms with Crippen LogP contribution in [-0.2, 0) is 0 Å². The van der Waals surface area contributed by atoms with Gasteiger partial charge in [0, 0.05) is 5.56 Å². The number of nitrogens with one attached hydrogen (secondary N) is 2. The van der Waals surface area contributed by atoms with Crippen LogP contribution in [0.2, 0.25) is 0 Å². The average Bonchev–Trinajstić information content (AvgIpc) is 2.99. The Morgan fingerprint density at radius 3 is 2.65 bits per heavy atom. The first-order chi connectivity index (χ1) is 11.2. The maximum atomic E-state index is 13.0. The van der Waals surface area contributed by atoms with Crippen LogP contribution in [0.25, 0.3) is 11.0 Å². The number of H-pyrrole nitrogens is 1. The van der Waals surface area contributed by atoms with Gasteiger partial charge in [-0.25, -0.2) is 9.37 Å². The maximum absolute atomic E-state index is 13.0. The van der Waals surface area contributed by atoms with Crippen molar-refractivity contribution in [2.75, 3.05) is 0 Å². The Labute approximate surface area is 133 Å². The molecule has 0 radical (unpaired) electrons. The summed E-state index contributed by atoms with van der Waals surface area (Å²) < 4.78 is 13.0. The minimum Gasteiger partial charge on any atom is -0.342 e. The number of fused-ring (bicyclic) bond motifs is 1. The number of hydrogen-bond acceptors (Lipinski definition) is 2. The minimum absolute atomic E-state index is 0.204. The lowest BCUT2D eigenvalue weighted by Gasteiger charge is -2.16. The van der Waals surface area contributed by atoms with Crippen LogP contribution in [0, 0.1) is 5.82 Å². The highest BCUT2D eigenvalue weighted by atomic mass is 19.1. The number of aromatic amines is 1. The van der Waals surface area contributed by atoms with E-state index < -0.39 is 0 Å². The van der Waals surface area contributed by atoms with Crippen molar-refractivity contribution in [1.82, 2.24) is 15.3 Å². The summed E-state index contributed by atoms with van der Waals surface area (Å²) in [7, 11) is 0. The molecule has 0 spiro atoms. The molecule has 4 nitrogen and oxygen atoms in total. The van der Waals surface area contributed by atoms with E-state index in [0.29, 0.717) is 5.56 Å². The van der Waals surface area contributed by atoms with Crippen LogP contribution in [0.4, 0.5) is 4.39 Å². The van der Waals surface area contributed by atoms with Gasteiger partial charge in [-0.15, -0.1) is 0 Å². The smallest absolute Gasteiger partial charge is 0.251 e. The van der Waals surface area contributed by atoms with Crippen molar-refractivity contribution < 1.29 is 9.18 Å². The Hall–Kier alpha value is -2.69. The van der Waals surface area contributed by atoms with Gasteiger partial charge in [0.25, 0.3) is 5.91 Å². The Morgan fingerprint density at radius 2 is 1.96 bits per heavy atom. The number of rotatable bonds is 5. The number of hydrogen-bond donors (Lipinski definition) is 2. The van der Waals surface area contributed by atoms with Gasteiger partial charge in [0.1, 0.15) is 11.6 Å². The number of amides is 1. The molecule has 0 aliphatic rings. The molecule has 0 saturated heterocycles. The van der Waals surface area contributed by atoms with Crippen molar-refractivity contribution in [2.24, 2.45) is 0 Å². The molecule has 1 heterocycles. The zero-order chi connectivity index (χ0) is 16.2. The Balaban J connectivity index is 1.83. The minimum atomic E-state index is -0.357. The first-order valence-corrected chi connectivity index (χ1v) is 7.68. The fraction of sp³-hybridized carbons (Fsp3) is 0.222. The van der Waals surface area contributed by atoms with Crippen LogP contribution in [0.1, 0.15) is 42.0 Å². The van der Waals surface area contributed by atoms with E-state index in [2.05, 4.69) is 22.2 Å². The molecule has 0 unspecified atom stereocenters. The summed E-state index contributed by atoms with van der Waals surface area (Å²) >= 11 is 0. The average molecular weight is 311 g/mol. The van der Waals surface area contributed by atoms with Crippen LogP contribution < -0.4 is 5.32 Å². The summed E-state index contributed by atoms with van der Waals surface area (Å²) in [5.41, 5.74) is 2.25. The zero-order valence-electron chi connectivity index (χ0n) is 12.8. The molecular weight excluding hydrogens is 293 g/mol. The first-order valence-electron chi connectivity index (χ1n) is 7.68. The second-order valence-electron chi connectivity index (χ2n) is 5.46. The highest BCUT2D eigenvalue weighted by Gasteiger charge is 2.18. The van der Waals surface area contributed by atoms with Gasteiger partial charge in [0.2, 0.25) is 0 Å². The normalized spacial score (nSPS) is 12.3. The summed E-state index contributed by atoms with van der Waals surface area (Å²) in [5, 5.41) is 2.98. The molecule has 3 rings (SSSR count). The molecular formula is C18H18FN3O. The SMILES string of the molecule is CCC[C@@H](NC(=O)c1ccc(F)cc1)c1nc2ccccc2[nH]1. The van der Waals surface area contributed by atoms with E-state index in [4.69, 9.17) is 0 Å². The highest BCUT2D eigenvalue weighted by molar-refractivity contribution is 5.94. The van der Waals surface area contributed by atoms with Crippen molar-refractivity contribution in [3.63, 3.8) is 0 Å². The predicted molar refractivity (Wildman–Crippen MR) is 87.6 cm³/mol. The fourth-order valence-corrected chi connectivity index (χ4v) is 2.55. The van der Waals surface area contributed by atoms with Crippen molar-refractivity contribution in [3.8, 4) is 0 Å². The lowest BCUT2D eigenvalue weighted by molar-refractivity contribution is 0.0932. The lowest BCUT2D eigenvalue weighted by Crippen LogP contribution is -2.29. The van der Waals surface area contributed by atoms with Crippen molar-refractivity contribution >= 4 is 16.9 Å². The largest absolute Gasteiger partial charge is 0.342 e. The number of nitrogens with zero attached hydrogens (tertiary/aromatic N) is 1. The topological polar surface area (TPSA) is 57.8 Å². The Bertz CT molecular complexity index is 778. The summed E-state index contributed by atoms with van der Waals surface area (Å²) in [4.78, 5) is 20.2. The van der Waals surface area contributed by atoms with Gasteiger partial charge in [-0.1, -0.05) is 25.5 Å². The molecule has 5 heteroatoms. The molecule has 118 valence electrons. The quantitative estimate of drug-likeness (QED) is 0.749. The molecule has 1 aromatic heterocycles. The van der Waals surface area contributed by atoms with E-state index >= 15 is 0 Å². The van der Waals surface area contributed by atoms with Crippen LogP contribution in [0.15, 0.2) is 48.5 Å². The number of imidazole rings is 1. The van der Waals surface area contributed by atoms with Gasteiger partial charge < -0.3 is 10.3 Å². The van der Waals surface area contributed by atoms with E-state index in [1.54, 1.807) is 0 Å². The molecule has 3 aromatic rings. The predicted octanol–water partition coefficient (Wildman–Crippen LogP) is 3.97. The van der Waals surface area contributed by atoms with Gasteiger partial charge in [-0.05, 0) is 42.8 Å². The molecule has 0 aliphatic heterocycles. The number of carbonyl (C=O) groups excluding carboxylic acids is 1. The summed E-state index contributed by atoms with van der Waals surface area (Å²) in [6.45, 7) is 2.06. The third-order valence-corrected chi connectivity index (χ3v) is 3.73. The van der Waals surface area contributed by atoms with Crippen LogP contribution in [0.5, 0.6) is 0 Å². The molecule has 2 aromatic carbocycles. The maximum Gasteiger partial charge on any atom is 0.251 e. The van der Waals surface area contributed by atoms with Crippen molar-refractivity contribution in [2.45, 2.75) is 25.8 Å². The molecule has 0 fully saturated rings. The Kier molecular flexibility index (Phi) is 4.37. The van der Waals surface area contributed by atoms with Crippen LogP contribution >= 0.6 is 0 Å². The van der Waals surface area contributed by atoms with Gasteiger partial charge in [-0.2, -0.15) is 0 Å². The van der Waals surface area contributed by atoms with Crippen molar-refractivity contribution in [3.05, 3.63) is 65.7 Å². The molecule has 23 heavy (non-hydrogen) atoms. The molecule has 0 saturated carbocycles. The molecule has 2 N–H and O–H groups in total. The van der Waals surface area contributed by atoms with E-state index in [-0.39, 0.29) is 17.8 Å². The zero-order valence-corrected chi connectivity index (χ0v) is 12.8. The number of benzene rings is 2. The van der Waals surface area contributed by atoms with E-state index in [1.807, 2.05) is 24.3 Å². The fourth-order valence-electron chi connectivity index (χ4n) is 2.55. The van der Waals surface area contributed by atoms with Crippen molar-refractivity contribution in [1.29, 1.82) is 0 Å². The monoisotopic (exact) mass is 311 g/mol. The molecule has 0 aliphatic carbocycles. The van der Waals surface area contributed by atoms with Crippen LogP contribution in [0.3, 0.4) is 0 Å². The van der Waals surface area contributed by atoms with E-state index in [1.165, 1.54) is 24.3 Å². The molecule has 1 amide bonds.